The predicted octanol–water partition coefficient (Wildman–Crippen LogP) is 5.05. The Labute approximate surface area is 232 Å². The van der Waals surface area contributed by atoms with Gasteiger partial charge < -0.3 is 19.5 Å². The molecule has 0 radical (unpaired) electrons. The van der Waals surface area contributed by atoms with Crippen LogP contribution in [0.5, 0.6) is 5.75 Å². The smallest absolute Gasteiger partial charge is 0.338 e. The largest absolute Gasteiger partial charge is 0.497 e. The summed E-state index contributed by atoms with van der Waals surface area (Å²) in [5.74, 6) is -1.59. The van der Waals surface area contributed by atoms with E-state index in [1.54, 1.807) is 66.7 Å². The topological polar surface area (TPSA) is 125 Å². The third-order valence-electron chi connectivity index (χ3n) is 5.95. The zero-order valence-electron chi connectivity index (χ0n) is 22.5. The van der Waals surface area contributed by atoms with Gasteiger partial charge in [0.05, 0.1) is 12.7 Å². The maximum absolute atomic E-state index is 12.4. The van der Waals surface area contributed by atoms with Gasteiger partial charge in [-0.25, -0.2) is 4.79 Å². The van der Waals surface area contributed by atoms with Crippen LogP contribution in [0.15, 0.2) is 78.9 Å². The first-order valence-electron chi connectivity index (χ1n) is 12.8. The number of rotatable bonds is 13. The molecule has 0 saturated carbocycles. The molecule has 0 aliphatic carbocycles. The molecular weight excluding hydrogens is 514 g/mol. The lowest BCUT2D eigenvalue weighted by Gasteiger charge is -2.13. The van der Waals surface area contributed by atoms with Crippen molar-refractivity contribution in [2.45, 2.75) is 45.3 Å². The minimum atomic E-state index is -0.959. The normalized spacial score (nSPS) is 12.0. The molecule has 1 N–H and O–H groups in total. The lowest BCUT2D eigenvalue weighted by molar-refractivity contribution is -0.146. The SMILES string of the molecule is COc1ccc(C(=O)[C@@H](C)OC(=O)CCCC(=O)Nc2ccc(C(=O)O[C@@H](C)C(=O)c3ccccc3)cc2)cc1. The highest BCUT2D eigenvalue weighted by atomic mass is 16.5. The van der Waals surface area contributed by atoms with Gasteiger partial charge in [-0.2, -0.15) is 0 Å². The van der Waals surface area contributed by atoms with Gasteiger partial charge in [0.2, 0.25) is 17.5 Å². The Morgan fingerprint density at radius 1 is 0.675 bits per heavy atom. The quantitative estimate of drug-likeness (QED) is 0.234. The van der Waals surface area contributed by atoms with Crippen molar-refractivity contribution in [3.63, 3.8) is 0 Å². The van der Waals surface area contributed by atoms with Crippen LogP contribution >= 0.6 is 0 Å². The molecule has 0 bridgehead atoms. The van der Waals surface area contributed by atoms with Gasteiger partial charge in [-0.3, -0.25) is 19.2 Å². The third kappa shape index (κ3) is 8.62. The fourth-order valence-electron chi connectivity index (χ4n) is 3.73. The van der Waals surface area contributed by atoms with Crippen LogP contribution in [0.4, 0.5) is 5.69 Å². The third-order valence-corrected chi connectivity index (χ3v) is 5.95. The van der Waals surface area contributed by atoms with Gasteiger partial charge in [0.25, 0.3) is 0 Å². The highest BCUT2D eigenvalue weighted by molar-refractivity contribution is 6.02. The van der Waals surface area contributed by atoms with Crippen molar-refractivity contribution in [2.75, 3.05) is 12.4 Å². The number of amides is 1. The maximum Gasteiger partial charge on any atom is 0.338 e. The van der Waals surface area contributed by atoms with Gasteiger partial charge >= 0.3 is 11.9 Å². The second-order valence-corrected chi connectivity index (χ2v) is 8.98. The molecule has 3 rings (SSSR count). The van der Waals surface area contributed by atoms with Crippen molar-refractivity contribution in [3.8, 4) is 5.75 Å². The van der Waals surface area contributed by atoms with Gasteiger partial charge in [-0.05, 0) is 68.8 Å². The summed E-state index contributed by atoms with van der Waals surface area (Å²) in [5, 5.41) is 2.69. The number of Topliss-reactive ketones (excluding diaryl/α,β-unsaturated/α-hetero) is 2. The summed E-state index contributed by atoms with van der Waals surface area (Å²) in [4.78, 5) is 61.7. The van der Waals surface area contributed by atoms with Crippen LogP contribution in [0.25, 0.3) is 0 Å². The van der Waals surface area contributed by atoms with E-state index in [4.69, 9.17) is 14.2 Å². The molecule has 0 saturated heterocycles. The molecule has 208 valence electrons. The van der Waals surface area contributed by atoms with E-state index in [2.05, 4.69) is 5.32 Å². The number of esters is 2. The molecule has 9 nitrogen and oxygen atoms in total. The van der Waals surface area contributed by atoms with Crippen molar-refractivity contribution >= 4 is 35.1 Å². The van der Waals surface area contributed by atoms with Crippen LogP contribution in [-0.2, 0) is 19.1 Å². The lowest BCUT2D eigenvalue weighted by atomic mass is 10.1. The number of hydrogen-bond donors (Lipinski definition) is 1. The Kier molecular flexibility index (Phi) is 10.7. The number of benzene rings is 3. The molecule has 2 atom stereocenters. The van der Waals surface area contributed by atoms with Gasteiger partial charge in [-0.15, -0.1) is 0 Å². The molecule has 0 aromatic heterocycles. The molecule has 0 heterocycles. The van der Waals surface area contributed by atoms with Gasteiger partial charge in [0, 0.05) is 29.7 Å². The van der Waals surface area contributed by atoms with Crippen LogP contribution in [0.1, 0.15) is 64.2 Å². The van der Waals surface area contributed by atoms with Crippen molar-refractivity contribution in [2.24, 2.45) is 0 Å². The van der Waals surface area contributed by atoms with Crippen molar-refractivity contribution < 1.29 is 38.2 Å². The Morgan fingerprint density at radius 2 is 1.23 bits per heavy atom. The molecule has 0 fully saturated rings. The zero-order chi connectivity index (χ0) is 29.1. The zero-order valence-corrected chi connectivity index (χ0v) is 22.5. The van der Waals surface area contributed by atoms with Gasteiger partial charge in [0.1, 0.15) is 5.75 Å². The maximum atomic E-state index is 12.4. The second kappa shape index (κ2) is 14.4. The first-order chi connectivity index (χ1) is 19.2. The molecule has 0 aliphatic heterocycles. The van der Waals surface area contributed by atoms with E-state index in [1.165, 1.54) is 33.1 Å². The van der Waals surface area contributed by atoms with E-state index in [1.807, 2.05) is 0 Å². The molecule has 40 heavy (non-hydrogen) atoms. The van der Waals surface area contributed by atoms with E-state index in [0.717, 1.165) is 0 Å². The fourth-order valence-corrected chi connectivity index (χ4v) is 3.73. The summed E-state index contributed by atoms with van der Waals surface area (Å²) in [6.45, 7) is 3.01. The molecule has 0 spiro atoms. The number of carbonyl (C=O) groups is 5. The summed E-state index contributed by atoms with van der Waals surface area (Å²) in [6.07, 6.45) is -1.66. The first-order valence-corrected chi connectivity index (χ1v) is 12.8. The minimum absolute atomic E-state index is 0.0294. The average Bonchev–Trinajstić information content (AvgIpc) is 2.97. The van der Waals surface area contributed by atoms with Crippen LogP contribution in [0.3, 0.4) is 0 Å². The predicted molar refractivity (Wildman–Crippen MR) is 147 cm³/mol. The van der Waals surface area contributed by atoms with Crippen molar-refractivity contribution in [3.05, 3.63) is 95.6 Å². The number of nitrogens with one attached hydrogen (secondary N) is 1. The number of ether oxygens (including phenoxy) is 3. The monoisotopic (exact) mass is 545 g/mol. The summed E-state index contributed by atoms with van der Waals surface area (Å²) >= 11 is 0. The number of carbonyl (C=O) groups excluding carboxylic acids is 5. The first kappa shape index (κ1) is 29.8. The molecular formula is C31H31NO8. The molecule has 3 aromatic rings. The highest BCUT2D eigenvalue weighted by Crippen LogP contribution is 2.16. The Bertz CT molecular complexity index is 1330. The summed E-state index contributed by atoms with van der Waals surface area (Å²) in [6, 6.07) is 21.1. The highest BCUT2D eigenvalue weighted by Gasteiger charge is 2.21. The molecule has 0 unspecified atom stereocenters. The second-order valence-electron chi connectivity index (χ2n) is 8.98. The van der Waals surface area contributed by atoms with E-state index in [-0.39, 0.29) is 42.3 Å². The van der Waals surface area contributed by atoms with Crippen molar-refractivity contribution in [1.82, 2.24) is 0 Å². The summed E-state index contributed by atoms with van der Waals surface area (Å²) in [7, 11) is 1.52. The number of ketones is 2. The fraction of sp³-hybridized carbons (Fsp3) is 0.258. The van der Waals surface area contributed by atoms with Crippen LogP contribution in [0, 0.1) is 0 Å². The number of hydrogen-bond acceptors (Lipinski definition) is 8. The van der Waals surface area contributed by atoms with Crippen molar-refractivity contribution in [1.29, 1.82) is 0 Å². The lowest BCUT2D eigenvalue weighted by Crippen LogP contribution is -2.24. The molecule has 9 heteroatoms. The Balaban J connectivity index is 1.39. The van der Waals surface area contributed by atoms with E-state index in [0.29, 0.717) is 22.6 Å². The van der Waals surface area contributed by atoms with Crippen LogP contribution in [-0.4, -0.2) is 48.7 Å². The standard InChI is InChI=1S/C31H31NO8/c1-20(29(35)23-14-18-26(38-3)19-15-23)39-28(34)11-7-10-27(33)32-25-16-12-24(13-17-25)31(37)40-21(2)30(36)22-8-5-4-6-9-22/h4-6,8-9,12-21H,7,10-11H2,1-3H3,(H,32,33)/t20-,21+/m1/s1. The summed E-state index contributed by atoms with van der Waals surface area (Å²) < 4.78 is 15.6. The van der Waals surface area contributed by atoms with Crippen LogP contribution < -0.4 is 10.1 Å². The molecule has 3 aromatic carbocycles. The van der Waals surface area contributed by atoms with E-state index < -0.39 is 24.1 Å². The number of methoxy groups -OCH3 is 1. The minimum Gasteiger partial charge on any atom is -0.497 e. The average molecular weight is 546 g/mol. The summed E-state index contributed by atoms with van der Waals surface area (Å²) in [5.41, 5.74) is 1.53. The molecule has 0 aliphatic rings. The van der Waals surface area contributed by atoms with Gasteiger partial charge in [-0.1, -0.05) is 30.3 Å². The Morgan fingerprint density at radius 3 is 1.82 bits per heavy atom. The Hall–Kier alpha value is -4.79. The molecule has 1 amide bonds. The van der Waals surface area contributed by atoms with Crippen LogP contribution in [0.2, 0.25) is 0 Å². The van der Waals surface area contributed by atoms with E-state index in [9.17, 15) is 24.0 Å². The number of anilines is 1. The van der Waals surface area contributed by atoms with E-state index >= 15 is 0 Å². The van der Waals surface area contributed by atoms with Gasteiger partial charge in [0.15, 0.2) is 12.2 Å².